The van der Waals surface area contributed by atoms with Gasteiger partial charge in [0, 0.05) is 25.4 Å². The number of halogens is 2. The Morgan fingerprint density at radius 1 is 1.53 bits per heavy atom. The molecule has 0 saturated carbocycles. The second kappa shape index (κ2) is 5.45. The zero-order valence-electron chi connectivity index (χ0n) is 10.5. The topological polar surface area (TPSA) is 34.0 Å². The van der Waals surface area contributed by atoms with E-state index in [0.717, 1.165) is 10.9 Å². The first-order valence-electron chi connectivity index (χ1n) is 5.86. The van der Waals surface area contributed by atoms with Crippen LogP contribution in [-0.2, 0) is 7.05 Å². The van der Waals surface area contributed by atoms with Crippen molar-refractivity contribution in [1.82, 2.24) is 9.88 Å². The van der Waals surface area contributed by atoms with Gasteiger partial charge in [0.2, 0.25) is 0 Å². The van der Waals surface area contributed by atoms with Crippen molar-refractivity contribution in [2.45, 2.75) is 6.42 Å². The van der Waals surface area contributed by atoms with Crippen LogP contribution in [0.5, 0.6) is 0 Å². The number of nitrogens with zero attached hydrogens (tertiary/aromatic N) is 1. The second-order valence-corrected chi connectivity index (χ2v) is 4.70. The maximum Gasteiger partial charge on any atom is 0.267 e. The van der Waals surface area contributed by atoms with E-state index in [1.54, 1.807) is 23.7 Å². The van der Waals surface area contributed by atoms with Gasteiger partial charge in [-0.3, -0.25) is 4.79 Å². The van der Waals surface area contributed by atoms with Crippen LogP contribution in [0.4, 0.5) is 4.39 Å². The molecule has 0 spiro atoms. The lowest BCUT2D eigenvalue weighted by molar-refractivity contribution is 0.0946. The average molecular weight is 281 g/mol. The molecule has 5 heteroatoms. The molecular weight excluding hydrogens is 267 g/mol. The second-order valence-electron chi connectivity index (χ2n) is 4.29. The maximum absolute atomic E-state index is 12.5. The van der Waals surface area contributed by atoms with Crippen molar-refractivity contribution in [3.63, 3.8) is 0 Å². The standard InChI is InChI=1S/C14H14ClFN2O/c1-9(16)6-7-17-14(19)12-8-10-4-3-5-11(15)13(10)18(12)2/h3-5,8H,1,6-7H2,2H3,(H,17,19). The Hall–Kier alpha value is -1.81. The van der Waals surface area contributed by atoms with Crippen LogP contribution in [0.3, 0.4) is 0 Å². The number of fused-ring (bicyclic) bond motifs is 1. The first-order chi connectivity index (χ1) is 9.00. The molecule has 2 rings (SSSR count). The summed E-state index contributed by atoms with van der Waals surface area (Å²) < 4.78 is 14.2. The third-order valence-electron chi connectivity index (χ3n) is 2.92. The number of aryl methyl sites for hydroxylation is 1. The number of rotatable bonds is 4. The molecule has 0 aliphatic heterocycles. The van der Waals surface area contributed by atoms with Gasteiger partial charge in [0.1, 0.15) is 5.69 Å². The van der Waals surface area contributed by atoms with Gasteiger partial charge in [-0.2, -0.15) is 0 Å². The Morgan fingerprint density at radius 3 is 2.89 bits per heavy atom. The molecule has 0 unspecified atom stereocenters. The van der Waals surface area contributed by atoms with Gasteiger partial charge in [-0.25, -0.2) is 4.39 Å². The number of amides is 1. The highest BCUT2D eigenvalue weighted by molar-refractivity contribution is 6.35. The Bertz CT molecular complexity index is 648. The molecule has 1 aromatic heterocycles. The predicted octanol–water partition coefficient (Wildman–Crippen LogP) is 3.43. The Kier molecular flexibility index (Phi) is 3.90. The lowest BCUT2D eigenvalue weighted by Crippen LogP contribution is -2.26. The third-order valence-corrected chi connectivity index (χ3v) is 3.23. The minimum Gasteiger partial charge on any atom is -0.350 e. The van der Waals surface area contributed by atoms with Gasteiger partial charge in [0.25, 0.3) is 5.91 Å². The van der Waals surface area contributed by atoms with E-state index in [1.165, 1.54) is 0 Å². The smallest absolute Gasteiger partial charge is 0.267 e. The number of carbonyl (C=O) groups is 1. The number of carbonyl (C=O) groups excluding carboxylic acids is 1. The van der Waals surface area contributed by atoms with E-state index in [0.29, 0.717) is 10.7 Å². The van der Waals surface area contributed by atoms with Gasteiger partial charge in [-0.15, -0.1) is 0 Å². The number of hydrogen-bond acceptors (Lipinski definition) is 1. The zero-order valence-corrected chi connectivity index (χ0v) is 11.3. The third kappa shape index (κ3) is 2.79. The summed E-state index contributed by atoms with van der Waals surface area (Å²) in [7, 11) is 1.78. The normalized spacial score (nSPS) is 10.7. The van der Waals surface area contributed by atoms with Crippen molar-refractivity contribution in [2.75, 3.05) is 6.54 Å². The van der Waals surface area contributed by atoms with Gasteiger partial charge in [0.15, 0.2) is 0 Å². The number of para-hydroxylation sites is 1. The summed E-state index contributed by atoms with van der Waals surface area (Å²) in [5.41, 5.74) is 1.30. The first kappa shape index (κ1) is 13.6. The van der Waals surface area contributed by atoms with Crippen molar-refractivity contribution < 1.29 is 9.18 Å². The van der Waals surface area contributed by atoms with Gasteiger partial charge in [-0.1, -0.05) is 30.3 Å². The molecule has 100 valence electrons. The van der Waals surface area contributed by atoms with Crippen LogP contribution >= 0.6 is 11.6 Å². The molecule has 0 bridgehead atoms. The highest BCUT2D eigenvalue weighted by Crippen LogP contribution is 2.25. The van der Waals surface area contributed by atoms with Crippen LogP contribution in [0.15, 0.2) is 36.7 Å². The fourth-order valence-electron chi connectivity index (χ4n) is 1.99. The monoisotopic (exact) mass is 280 g/mol. The van der Waals surface area contributed by atoms with Gasteiger partial charge in [0.05, 0.1) is 16.4 Å². The summed E-state index contributed by atoms with van der Waals surface area (Å²) in [5, 5.41) is 4.14. The Morgan fingerprint density at radius 2 is 2.26 bits per heavy atom. The van der Waals surface area contributed by atoms with E-state index in [1.807, 2.05) is 12.1 Å². The van der Waals surface area contributed by atoms with Crippen molar-refractivity contribution in [2.24, 2.45) is 7.05 Å². The summed E-state index contributed by atoms with van der Waals surface area (Å²) in [6, 6.07) is 7.26. The Labute approximate surface area is 115 Å². The molecule has 0 aliphatic carbocycles. The highest BCUT2D eigenvalue weighted by atomic mass is 35.5. The zero-order chi connectivity index (χ0) is 14.0. The SMILES string of the molecule is C=C(F)CCNC(=O)c1cc2cccc(Cl)c2n1C. The van der Waals surface area contributed by atoms with Crippen LogP contribution in [0.2, 0.25) is 5.02 Å². The summed E-state index contributed by atoms with van der Waals surface area (Å²) in [5.74, 6) is -0.698. The molecule has 0 saturated heterocycles. The molecule has 1 N–H and O–H groups in total. The molecule has 19 heavy (non-hydrogen) atoms. The van der Waals surface area contributed by atoms with E-state index in [2.05, 4.69) is 11.9 Å². The lowest BCUT2D eigenvalue weighted by atomic mass is 10.2. The van der Waals surface area contributed by atoms with Gasteiger partial charge >= 0.3 is 0 Å². The van der Waals surface area contributed by atoms with Crippen LogP contribution in [0.25, 0.3) is 10.9 Å². The number of nitrogens with one attached hydrogen (secondary N) is 1. The van der Waals surface area contributed by atoms with E-state index in [4.69, 9.17) is 11.6 Å². The summed E-state index contributed by atoms with van der Waals surface area (Å²) in [6.07, 6.45) is 0.121. The Balaban J connectivity index is 2.25. The molecule has 3 nitrogen and oxygen atoms in total. The molecule has 0 radical (unpaired) electrons. The molecule has 1 amide bonds. The molecule has 0 atom stereocenters. The minimum absolute atomic E-state index is 0.121. The molecular formula is C14H14ClFN2O. The van der Waals surface area contributed by atoms with Crippen LogP contribution in [0.1, 0.15) is 16.9 Å². The van der Waals surface area contributed by atoms with E-state index < -0.39 is 5.83 Å². The van der Waals surface area contributed by atoms with Gasteiger partial charge in [-0.05, 0) is 12.1 Å². The largest absolute Gasteiger partial charge is 0.350 e. The molecule has 1 heterocycles. The van der Waals surface area contributed by atoms with Gasteiger partial charge < -0.3 is 9.88 Å². The molecule has 1 aromatic carbocycles. The quantitative estimate of drug-likeness (QED) is 0.915. The molecule has 2 aromatic rings. The number of hydrogen-bond donors (Lipinski definition) is 1. The van der Waals surface area contributed by atoms with Crippen molar-refractivity contribution >= 4 is 28.4 Å². The van der Waals surface area contributed by atoms with E-state index in [-0.39, 0.29) is 18.9 Å². The summed E-state index contributed by atoms with van der Waals surface area (Å²) in [4.78, 5) is 12.0. The minimum atomic E-state index is -0.444. The predicted molar refractivity (Wildman–Crippen MR) is 75.1 cm³/mol. The number of aromatic nitrogens is 1. The van der Waals surface area contributed by atoms with Crippen molar-refractivity contribution in [3.8, 4) is 0 Å². The van der Waals surface area contributed by atoms with E-state index >= 15 is 0 Å². The first-order valence-corrected chi connectivity index (χ1v) is 6.24. The number of benzene rings is 1. The fraction of sp³-hybridized carbons (Fsp3) is 0.214. The van der Waals surface area contributed by atoms with Crippen LogP contribution < -0.4 is 5.32 Å². The van der Waals surface area contributed by atoms with Crippen molar-refractivity contribution in [1.29, 1.82) is 0 Å². The summed E-state index contributed by atoms with van der Waals surface area (Å²) >= 11 is 6.11. The van der Waals surface area contributed by atoms with Crippen molar-refractivity contribution in [3.05, 3.63) is 47.4 Å². The van der Waals surface area contributed by atoms with E-state index in [9.17, 15) is 9.18 Å². The highest BCUT2D eigenvalue weighted by Gasteiger charge is 2.14. The van der Waals surface area contributed by atoms with Crippen LogP contribution in [0, 0.1) is 0 Å². The van der Waals surface area contributed by atoms with Crippen LogP contribution in [-0.4, -0.2) is 17.0 Å². The fourth-order valence-corrected chi connectivity index (χ4v) is 2.30. The molecule has 0 aliphatic rings. The summed E-state index contributed by atoms with van der Waals surface area (Å²) in [6.45, 7) is 3.37. The average Bonchev–Trinajstić information content (AvgIpc) is 2.67. The lowest BCUT2D eigenvalue weighted by Gasteiger charge is -2.06. The maximum atomic E-state index is 12.5. The molecule has 0 fully saturated rings.